The molecule has 22 heavy (non-hydrogen) atoms. The minimum absolute atomic E-state index is 0.156. The van der Waals surface area contributed by atoms with Crippen molar-refractivity contribution in [3.8, 4) is 0 Å². The summed E-state index contributed by atoms with van der Waals surface area (Å²) in [6.45, 7) is 4.28. The van der Waals surface area contributed by atoms with E-state index in [-0.39, 0.29) is 11.9 Å². The van der Waals surface area contributed by atoms with E-state index in [0.29, 0.717) is 30.4 Å². The standard InChI is InChI=1S/C16H23N3O3/c1-3-14(22-4-2)15(20)17-11-5-7-12(8-6-11)18-16(21)19-13-9-10-13/h5-8,13-14H,3-4,9-10H2,1-2H3,(H,17,20)(H2,18,19,21)/t14-/m1/s1. The van der Waals surface area contributed by atoms with Crippen LogP contribution in [0.2, 0.25) is 0 Å². The van der Waals surface area contributed by atoms with Crippen molar-refractivity contribution in [2.45, 2.75) is 45.3 Å². The van der Waals surface area contributed by atoms with Crippen molar-refractivity contribution in [3.05, 3.63) is 24.3 Å². The first kappa shape index (κ1) is 16.3. The monoisotopic (exact) mass is 305 g/mol. The molecule has 2 rings (SSSR count). The van der Waals surface area contributed by atoms with Gasteiger partial charge in [0.2, 0.25) is 0 Å². The Morgan fingerprint density at radius 3 is 2.23 bits per heavy atom. The van der Waals surface area contributed by atoms with Crippen LogP contribution in [-0.2, 0) is 9.53 Å². The van der Waals surface area contributed by atoms with Gasteiger partial charge in [0.1, 0.15) is 6.10 Å². The van der Waals surface area contributed by atoms with Crippen LogP contribution in [0.25, 0.3) is 0 Å². The zero-order valence-electron chi connectivity index (χ0n) is 13.0. The van der Waals surface area contributed by atoms with Gasteiger partial charge in [-0.3, -0.25) is 4.79 Å². The predicted molar refractivity (Wildman–Crippen MR) is 86.0 cm³/mol. The van der Waals surface area contributed by atoms with Gasteiger partial charge in [-0.1, -0.05) is 6.92 Å². The van der Waals surface area contributed by atoms with Crippen LogP contribution in [0.1, 0.15) is 33.1 Å². The first-order valence-corrected chi connectivity index (χ1v) is 7.72. The maximum absolute atomic E-state index is 12.0. The van der Waals surface area contributed by atoms with Crippen molar-refractivity contribution in [2.75, 3.05) is 17.2 Å². The van der Waals surface area contributed by atoms with E-state index in [1.54, 1.807) is 24.3 Å². The van der Waals surface area contributed by atoms with Gasteiger partial charge in [0.15, 0.2) is 0 Å². The number of ether oxygens (including phenoxy) is 1. The van der Waals surface area contributed by atoms with Crippen LogP contribution in [-0.4, -0.2) is 30.7 Å². The molecule has 0 unspecified atom stereocenters. The summed E-state index contributed by atoms with van der Waals surface area (Å²) in [5.74, 6) is -0.156. The number of benzene rings is 1. The maximum atomic E-state index is 12.0. The molecule has 0 bridgehead atoms. The molecule has 3 amide bonds. The van der Waals surface area contributed by atoms with Gasteiger partial charge in [-0.2, -0.15) is 0 Å². The highest BCUT2D eigenvalue weighted by atomic mass is 16.5. The average molecular weight is 305 g/mol. The summed E-state index contributed by atoms with van der Waals surface area (Å²) in [4.78, 5) is 23.6. The Morgan fingerprint density at radius 2 is 1.73 bits per heavy atom. The number of hydrogen-bond acceptors (Lipinski definition) is 3. The molecule has 6 heteroatoms. The quantitative estimate of drug-likeness (QED) is 0.724. The summed E-state index contributed by atoms with van der Waals surface area (Å²) in [7, 11) is 0. The van der Waals surface area contributed by atoms with Gasteiger partial charge >= 0.3 is 6.03 Å². The molecular formula is C16H23N3O3. The molecule has 1 fully saturated rings. The topological polar surface area (TPSA) is 79.5 Å². The summed E-state index contributed by atoms with van der Waals surface area (Å²) < 4.78 is 5.37. The molecule has 1 aromatic carbocycles. The van der Waals surface area contributed by atoms with Gasteiger partial charge in [0, 0.05) is 24.0 Å². The van der Waals surface area contributed by atoms with E-state index in [1.807, 2.05) is 13.8 Å². The fourth-order valence-electron chi connectivity index (χ4n) is 2.02. The molecule has 0 heterocycles. The Balaban J connectivity index is 1.85. The van der Waals surface area contributed by atoms with E-state index in [9.17, 15) is 9.59 Å². The molecule has 0 aromatic heterocycles. The van der Waals surface area contributed by atoms with Gasteiger partial charge < -0.3 is 20.7 Å². The molecule has 120 valence electrons. The summed E-state index contributed by atoms with van der Waals surface area (Å²) in [5, 5.41) is 8.42. The molecule has 1 aliphatic carbocycles. The number of urea groups is 1. The Kier molecular flexibility index (Phi) is 5.77. The van der Waals surface area contributed by atoms with E-state index >= 15 is 0 Å². The normalized spacial score (nSPS) is 15.0. The minimum atomic E-state index is -0.438. The molecule has 0 saturated heterocycles. The number of carbonyl (C=O) groups excluding carboxylic acids is 2. The molecule has 1 aliphatic rings. The Labute approximate surface area is 130 Å². The zero-order valence-corrected chi connectivity index (χ0v) is 13.0. The number of rotatable bonds is 7. The van der Waals surface area contributed by atoms with Crippen molar-refractivity contribution >= 4 is 23.3 Å². The van der Waals surface area contributed by atoms with E-state index in [0.717, 1.165) is 12.8 Å². The lowest BCUT2D eigenvalue weighted by Crippen LogP contribution is -2.30. The van der Waals surface area contributed by atoms with Gasteiger partial charge in [-0.05, 0) is 50.5 Å². The van der Waals surface area contributed by atoms with Crippen LogP contribution in [0.4, 0.5) is 16.2 Å². The van der Waals surface area contributed by atoms with E-state index in [2.05, 4.69) is 16.0 Å². The molecule has 1 atom stereocenters. The van der Waals surface area contributed by atoms with Crippen molar-refractivity contribution in [1.29, 1.82) is 0 Å². The predicted octanol–water partition coefficient (Wildman–Crippen LogP) is 2.72. The molecule has 1 aromatic rings. The molecule has 3 N–H and O–H groups in total. The van der Waals surface area contributed by atoms with Crippen molar-refractivity contribution < 1.29 is 14.3 Å². The lowest BCUT2D eigenvalue weighted by molar-refractivity contribution is -0.127. The highest BCUT2D eigenvalue weighted by Gasteiger charge is 2.23. The fraction of sp³-hybridized carbons (Fsp3) is 0.500. The van der Waals surface area contributed by atoms with E-state index < -0.39 is 6.10 Å². The van der Waals surface area contributed by atoms with Crippen LogP contribution in [0.15, 0.2) is 24.3 Å². The second-order valence-electron chi connectivity index (χ2n) is 5.29. The van der Waals surface area contributed by atoms with Crippen LogP contribution in [0.3, 0.4) is 0 Å². The maximum Gasteiger partial charge on any atom is 0.319 e. The van der Waals surface area contributed by atoms with Crippen LogP contribution >= 0.6 is 0 Å². The van der Waals surface area contributed by atoms with Crippen LogP contribution in [0, 0.1) is 0 Å². The lowest BCUT2D eigenvalue weighted by atomic mass is 10.2. The zero-order chi connectivity index (χ0) is 15.9. The van der Waals surface area contributed by atoms with Crippen LogP contribution < -0.4 is 16.0 Å². The summed E-state index contributed by atoms with van der Waals surface area (Å²) in [5.41, 5.74) is 1.37. The van der Waals surface area contributed by atoms with Gasteiger partial charge in [0.05, 0.1) is 0 Å². The Bertz CT molecular complexity index is 512. The minimum Gasteiger partial charge on any atom is -0.369 e. The second-order valence-corrected chi connectivity index (χ2v) is 5.29. The lowest BCUT2D eigenvalue weighted by Gasteiger charge is -2.15. The molecule has 0 spiro atoms. The highest BCUT2D eigenvalue weighted by molar-refractivity contribution is 5.95. The molecule has 6 nitrogen and oxygen atoms in total. The van der Waals surface area contributed by atoms with E-state index in [4.69, 9.17) is 4.74 Å². The third-order valence-electron chi connectivity index (χ3n) is 3.35. The average Bonchev–Trinajstić information content (AvgIpc) is 3.30. The molecular weight excluding hydrogens is 282 g/mol. The molecule has 1 saturated carbocycles. The molecule has 0 aliphatic heterocycles. The Morgan fingerprint density at radius 1 is 1.14 bits per heavy atom. The summed E-state index contributed by atoms with van der Waals surface area (Å²) >= 11 is 0. The molecule has 0 radical (unpaired) electrons. The third kappa shape index (κ3) is 5.04. The summed E-state index contributed by atoms with van der Waals surface area (Å²) in [6.07, 6.45) is 2.29. The fourth-order valence-corrected chi connectivity index (χ4v) is 2.02. The Hall–Kier alpha value is -2.08. The van der Waals surface area contributed by atoms with Gasteiger partial charge in [-0.15, -0.1) is 0 Å². The third-order valence-corrected chi connectivity index (χ3v) is 3.35. The highest BCUT2D eigenvalue weighted by Crippen LogP contribution is 2.19. The number of hydrogen-bond donors (Lipinski definition) is 3. The first-order valence-electron chi connectivity index (χ1n) is 7.72. The number of carbonyl (C=O) groups is 2. The summed E-state index contributed by atoms with van der Waals surface area (Å²) in [6, 6.07) is 7.14. The number of nitrogens with one attached hydrogen (secondary N) is 3. The second kappa shape index (κ2) is 7.79. The first-order chi connectivity index (χ1) is 10.6. The largest absolute Gasteiger partial charge is 0.369 e. The van der Waals surface area contributed by atoms with Crippen LogP contribution in [0.5, 0.6) is 0 Å². The van der Waals surface area contributed by atoms with Crippen molar-refractivity contribution in [1.82, 2.24) is 5.32 Å². The van der Waals surface area contributed by atoms with Crippen molar-refractivity contribution in [3.63, 3.8) is 0 Å². The van der Waals surface area contributed by atoms with E-state index in [1.165, 1.54) is 0 Å². The van der Waals surface area contributed by atoms with Gasteiger partial charge in [0.25, 0.3) is 5.91 Å². The number of anilines is 2. The van der Waals surface area contributed by atoms with Gasteiger partial charge in [-0.25, -0.2) is 4.79 Å². The smallest absolute Gasteiger partial charge is 0.319 e. The SMILES string of the molecule is CCO[C@H](CC)C(=O)Nc1ccc(NC(=O)NC2CC2)cc1. The number of amides is 3. The van der Waals surface area contributed by atoms with Crippen molar-refractivity contribution in [2.24, 2.45) is 0 Å².